The van der Waals surface area contributed by atoms with E-state index in [1.807, 2.05) is 0 Å². The van der Waals surface area contributed by atoms with E-state index in [0.717, 1.165) is 32.4 Å². The van der Waals surface area contributed by atoms with Crippen molar-refractivity contribution < 1.29 is 4.79 Å². The lowest BCUT2D eigenvalue weighted by Crippen LogP contribution is -2.51. The molecule has 2 atom stereocenters. The van der Waals surface area contributed by atoms with Crippen molar-refractivity contribution in [2.75, 3.05) is 19.6 Å². The zero-order chi connectivity index (χ0) is 9.26. The third-order valence-electron chi connectivity index (χ3n) is 3.03. The van der Waals surface area contributed by atoms with Gasteiger partial charge in [-0.1, -0.05) is 0 Å². The molecule has 0 bridgehead atoms. The fourth-order valence-electron chi connectivity index (χ4n) is 2.29. The number of hydrogen-bond donors (Lipinski definition) is 2. The summed E-state index contributed by atoms with van der Waals surface area (Å²) in [6.45, 7) is 2.35. The van der Waals surface area contributed by atoms with Crippen LogP contribution in [0.3, 0.4) is 0 Å². The van der Waals surface area contributed by atoms with E-state index in [1.54, 1.807) is 0 Å². The summed E-state index contributed by atoms with van der Waals surface area (Å²) in [7, 11) is 0. The van der Waals surface area contributed by atoms with Crippen LogP contribution in [0.15, 0.2) is 0 Å². The molecule has 0 radical (unpaired) electrons. The van der Waals surface area contributed by atoms with Gasteiger partial charge in [0.2, 0.25) is 5.91 Å². The van der Waals surface area contributed by atoms with Crippen LogP contribution in [-0.4, -0.2) is 42.5 Å². The van der Waals surface area contributed by atoms with E-state index < -0.39 is 0 Å². The summed E-state index contributed by atoms with van der Waals surface area (Å²) in [5, 5.41) is 2.83. The largest absolute Gasteiger partial charge is 0.354 e. The molecule has 2 unspecified atom stereocenters. The van der Waals surface area contributed by atoms with Crippen LogP contribution < -0.4 is 11.1 Å². The van der Waals surface area contributed by atoms with E-state index in [1.165, 1.54) is 0 Å². The van der Waals surface area contributed by atoms with E-state index in [0.29, 0.717) is 18.6 Å². The second kappa shape index (κ2) is 3.64. The lowest BCUT2D eigenvalue weighted by molar-refractivity contribution is -0.124. The number of nitrogens with zero attached hydrogens (tertiary/aromatic N) is 1. The maximum absolute atomic E-state index is 11.1. The Morgan fingerprint density at radius 3 is 2.92 bits per heavy atom. The minimum atomic E-state index is 0.159. The SMILES string of the molecule is NC1CCC(N2CCNC(=O)C2)C1. The Kier molecular flexibility index (Phi) is 2.51. The second-order valence-corrected chi connectivity index (χ2v) is 4.05. The normalized spacial score (nSPS) is 36.2. The molecule has 1 amide bonds. The predicted molar refractivity (Wildman–Crippen MR) is 50.2 cm³/mol. The highest BCUT2D eigenvalue weighted by molar-refractivity contribution is 5.78. The molecular formula is C9H17N3O. The van der Waals surface area contributed by atoms with Crippen molar-refractivity contribution in [3.63, 3.8) is 0 Å². The molecule has 1 saturated carbocycles. The van der Waals surface area contributed by atoms with Crippen molar-refractivity contribution >= 4 is 5.91 Å². The van der Waals surface area contributed by atoms with Crippen LogP contribution in [0, 0.1) is 0 Å². The van der Waals surface area contributed by atoms with E-state index in [9.17, 15) is 4.79 Å². The Bertz CT molecular complexity index is 207. The summed E-state index contributed by atoms with van der Waals surface area (Å²) in [4.78, 5) is 13.4. The summed E-state index contributed by atoms with van der Waals surface area (Å²) < 4.78 is 0. The first-order valence-corrected chi connectivity index (χ1v) is 5.02. The molecule has 0 aromatic heterocycles. The Morgan fingerprint density at radius 1 is 1.46 bits per heavy atom. The second-order valence-electron chi connectivity index (χ2n) is 4.05. The molecule has 13 heavy (non-hydrogen) atoms. The van der Waals surface area contributed by atoms with Crippen LogP contribution in [0.2, 0.25) is 0 Å². The Balaban J connectivity index is 1.89. The Hall–Kier alpha value is -0.610. The number of amides is 1. The smallest absolute Gasteiger partial charge is 0.234 e. The molecular weight excluding hydrogens is 166 g/mol. The fourth-order valence-corrected chi connectivity index (χ4v) is 2.29. The van der Waals surface area contributed by atoms with Crippen molar-refractivity contribution in [2.24, 2.45) is 5.73 Å². The zero-order valence-corrected chi connectivity index (χ0v) is 7.83. The molecule has 3 N–H and O–H groups in total. The van der Waals surface area contributed by atoms with Gasteiger partial charge in [-0.05, 0) is 19.3 Å². The highest BCUT2D eigenvalue weighted by Crippen LogP contribution is 2.22. The number of nitrogens with two attached hydrogens (primary N) is 1. The van der Waals surface area contributed by atoms with Crippen molar-refractivity contribution in [3.8, 4) is 0 Å². The molecule has 0 spiro atoms. The minimum absolute atomic E-state index is 0.159. The van der Waals surface area contributed by atoms with Gasteiger partial charge in [0.05, 0.1) is 6.54 Å². The molecule has 4 nitrogen and oxygen atoms in total. The maximum Gasteiger partial charge on any atom is 0.234 e. The summed E-state index contributed by atoms with van der Waals surface area (Å²) in [6, 6.07) is 0.913. The predicted octanol–water partition coefficient (Wildman–Crippen LogP) is -0.702. The van der Waals surface area contributed by atoms with Gasteiger partial charge in [-0.15, -0.1) is 0 Å². The molecule has 1 aliphatic carbocycles. The first-order chi connectivity index (χ1) is 6.25. The number of hydrogen-bond acceptors (Lipinski definition) is 3. The molecule has 1 heterocycles. The molecule has 1 aliphatic heterocycles. The van der Waals surface area contributed by atoms with Gasteiger partial charge in [-0.25, -0.2) is 0 Å². The van der Waals surface area contributed by atoms with Gasteiger partial charge in [-0.3, -0.25) is 9.69 Å². The molecule has 74 valence electrons. The van der Waals surface area contributed by atoms with E-state index in [-0.39, 0.29) is 5.91 Å². The zero-order valence-electron chi connectivity index (χ0n) is 7.83. The fraction of sp³-hybridized carbons (Fsp3) is 0.889. The first-order valence-electron chi connectivity index (χ1n) is 5.02. The van der Waals surface area contributed by atoms with Crippen molar-refractivity contribution in [3.05, 3.63) is 0 Å². The third-order valence-corrected chi connectivity index (χ3v) is 3.03. The number of piperazine rings is 1. The summed E-state index contributed by atoms with van der Waals surface area (Å²) in [5.74, 6) is 0.159. The average Bonchev–Trinajstić information content (AvgIpc) is 2.52. The third kappa shape index (κ3) is 2.00. The van der Waals surface area contributed by atoms with Gasteiger partial charge in [0, 0.05) is 25.2 Å². The molecule has 1 saturated heterocycles. The van der Waals surface area contributed by atoms with Crippen molar-refractivity contribution in [1.82, 2.24) is 10.2 Å². The van der Waals surface area contributed by atoms with Gasteiger partial charge in [0.1, 0.15) is 0 Å². The maximum atomic E-state index is 11.1. The Morgan fingerprint density at radius 2 is 2.31 bits per heavy atom. The standard InChI is InChI=1S/C9H17N3O/c10-7-1-2-8(5-7)12-4-3-11-9(13)6-12/h7-8H,1-6,10H2,(H,11,13). The van der Waals surface area contributed by atoms with Gasteiger partial charge >= 0.3 is 0 Å². The van der Waals surface area contributed by atoms with Gasteiger partial charge in [0.25, 0.3) is 0 Å². The van der Waals surface area contributed by atoms with E-state index in [2.05, 4.69) is 10.2 Å². The van der Waals surface area contributed by atoms with E-state index >= 15 is 0 Å². The molecule has 4 heteroatoms. The molecule has 2 rings (SSSR count). The summed E-state index contributed by atoms with van der Waals surface area (Å²) >= 11 is 0. The summed E-state index contributed by atoms with van der Waals surface area (Å²) in [6.07, 6.45) is 3.34. The van der Waals surface area contributed by atoms with Crippen LogP contribution in [0.1, 0.15) is 19.3 Å². The van der Waals surface area contributed by atoms with Crippen LogP contribution >= 0.6 is 0 Å². The number of rotatable bonds is 1. The van der Waals surface area contributed by atoms with Crippen molar-refractivity contribution in [2.45, 2.75) is 31.3 Å². The van der Waals surface area contributed by atoms with Crippen molar-refractivity contribution in [1.29, 1.82) is 0 Å². The number of carbonyl (C=O) groups excluding carboxylic acids is 1. The summed E-state index contributed by atoms with van der Waals surface area (Å²) in [5.41, 5.74) is 5.84. The molecule has 0 aromatic carbocycles. The first kappa shape index (κ1) is 8.97. The van der Waals surface area contributed by atoms with Crippen LogP contribution in [-0.2, 0) is 4.79 Å². The monoisotopic (exact) mass is 183 g/mol. The van der Waals surface area contributed by atoms with Crippen LogP contribution in [0.25, 0.3) is 0 Å². The molecule has 2 fully saturated rings. The highest BCUT2D eigenvalue weighted by Gasteiger charge is 2.29. The highest BCUT2D eigenvalue weighted by atomic mass is 16.2. The quantitative estimate of drug-likeness (QED) is 0.565. The lowest BCUT2D eigenvalue weighted by atomic mass is 10.2. The van der Waals surface area contributed by atoms with Gasteiger partial charge in [-0.2, -0.15) is 0 Å². The Labute approximate surface area is 78.5 Å². The average molecular weight is 183 g/mol. The lowest BCUT2D eigenvalue weighted by Gasteiger charge is -2.31. The molecule has 2 aliphatic rings. The number of carbonyl (C=O) groups is 1. The van der Waals surface area contributed by atoms with Crippen LogP contribution in [0.4, 0.5) is 0 Å². The van der Waals surface area contributed by atoms with Crippen LogP contribution in [0.5, 0.6) is 0 Å². The number of nitrogens with one attached hydrogen (secondary N) is 1. The minimum Gasteiger partial charge on any atom is -0.354 e. The molecule has 0 aromatic rings. The van der Waals surface area contributed by atoms with Gasteiger partial charge < -0.3 is 11.1 Å². The van der Waals surface area contributed by atoms with E-state index in [4.69, 9.17) is 5.73 Å². The topological polar surface area (TPSA) is 58.4 Å². The van der Waals surface area contributed by atoms with Gasteiger partial charge in [0.15, 0.2) is 0 Å².